The maximum atomic E-state index is 6.19. The van der Waals surface area contributed by atoms with Crippen molar-refractivity contribution in [2.24, 2.45) is 0 Å². The van der Waals surface area contributed by atoms with Gasteiger partial charge in [-0.05, 0) is 24.5 Å². The van der Waals surface area contributed by atoms with Crippen LogP contribution >= 0.6 is 11.6 Å². The molecule has 1 saturated carbocycles. The number of anilines is 1. The van der Waals surface area contributed by atoms with Crippen molar-refractivity contribution in [3.8, 4) is 0 Å². The lowest BCUT2D eigenvalue weighted by molar-refractivity contribution is 0.122. The van der Waals surface area contributed by atoms with Gasteiger partial charge in [-0.2, -0.15) is 0 Å². The van der Waals surface area contributed by atoms with Crippen LogP contribution in [0.4, 0.5) is 5.82 Å². The highest BCUT2D eigenvalue weighted by Crippen LogP contribution is 2.24. The standard InChI is InChI=1S/C13H18ClN3O/c14-12-9-16-13(17-3-5-18-6-4-17)7-10(12)8-15-11-1-2-11/h7,9,11,15H,1-6,8H2. The van der Waals surface area contributed by atoms with E-state index in [9.17, 15) is 0 Å². The van der Waals surface area contributed by atoms with Crippen LogP contribution in [0.15, 0.2) is 12.3 Å². The van der Waals surface area contributed by atoms with E-state index < -0.39 is 0 Å². The minimum atomic E-state index is 0.695. The second-order valence-corrected chi connectivity index (χ2v) is 5.30. The molecule has 1 aliphatic carbocycles. The Morgan fingerprint density at radius 2 is 2.17 bits per heavy atom. The summed E-state index contributed by atoms with van der Waals surface area (Å²) in [7, 11) is 0. The van der Waals surface area contributed by atoms with Crippen molar-refractivity contribution < 1.29 is 4.74 Å². The summed E-state index contributed by atoms with van der Waals surface area (Å²) in [6, 6.07) is 2.80. The minimum Gasteiger partial charge on any atom is -0.378 e. The average molecular weight is 268 g/mol. The summed E-state index contributed by atoms with van der Waals surface area (Å²) in [6.07, 6.45) is 4.34. The molecule has 4 nitrogen and oxygen atoms in total. The number of ether oxygens (including phenoxy) is 1. The Morgan fingerprint density at radius 1 is 1.39 bits per heavy atom. The fourth-order valence-electron chi connectivity index (χ4n) is 2.11. The quantitative estimate of drug-likeness (QED) is 0.903. The minimum absolute atomic E-state index is 0.695. The molecule has 1 saturated heterocycles. The Balaban J connectivity index is 1.71. The van der Waals surface area contributed by atoms with Crippen LogP contribution in [-0.4, -0.2) is 37.3 Å². The Hall–Kier alpha value is -0.840. The molecule has 0 spiro atoms. The van der Waals surface area contributed by atoms with Crippen LogP contribution < -0.4 is 10.2 Å². The third-order valence-electron chi connectivity index (χ3n) is 3.41. The highest BCUT2D eigenvalue weighted by molar-refractivity contribution is 6.31. The third kappa shape index (κ3) is 2.94. The van der Waals surface area contributed by atoms with E-state index >= 15 is 0 Å². The molecule has 1 aromatic rings. The summed E-state index contributed by atoms with van der Waals surface area (Å²) in [5.41, 5.74) is 1.14. The van der Waals surface area contributed by atoms with Crippen molar-refractivity contribution in [2.45, 2.75) is 25.4 Å². The topological polar surface area (TPSA) is 37.4 Å². The highest BCUT2D eigenvalue weighted by atomic mass is 35.5. The number of halogens is 1. The lowest BCUT2D eigenvalue weighted by atomic mass is 10.2. The second-order valence-electron chi connectivity index (χ2n) is 4.89. The molecule has 1 aliphatic heterocycles. The van der Waals surface area contributed by atoms with Crippen LogP contribution in [0.3, 0.4) is 0 Å². The summed E-state index contributed by atoms with van der Waals surface area (Å²) in [4.78, 5) is 6.67. The van der Waals surface area contributed by atoms with Gasteiger partial charge in [0.1, 0.15) is 5.82 Å². The molecule has 0 atom stereocenters. The van der Waals surface area contributed by atoms with Crippen molar-refractivity contribution in [3.63, 3.8) is 0 Å². The molecule has 5 heteroatoms. The molecule has 0 radical (unpaired) electrons. The lowest BCUT2D eigenvalue weighted by Gasteiger charge is -2.28. The van der Waals surface area contributed by atoms with E-state index in [4.69, 9.17) is 16.3 Å². The molecular formula is C13H18ClN3O. The number of nitrogens with one attached hydrogen (secondary N) is 1. The monoisotopic (exact) mass is 267 g/mol. The van der Waals surface area contributed by atoms with E-state index in [0.717, 1.165) is 49.3 Å². The van der Waals surface area contributed by atoms with Crippen molar-refractivity contribution >= 4 is 17.4 Å². The first-order valence-electron chi connectivity index (χ1n) is 6.53. The Labute approximate surface area is 112 Å². The molecule has 0 unspecified atom stereocenters. The third-order valence-corrected chi connectivity index (χ3v) is 3.75. The van der Waals surface area contributed by atoms with Gasteiger partial charge in [0.2, 0.25) is 0 Å². The zero-order valence-corrected chi connectivity index (χ0v) is 11.1. The van der Waals surface area contributed by atoms with Gasteiger partial charge in [-0.15, -0.1) is 0 Å². The van der Waals surface area contributed by atoms with Gasteiger partial charge in [-0.25, -0.2) is 4.98 Å². The zero-order chi connectivity index (χ0) is 12.4. The maximum Gasteiger partial charge on any atom is 0.129 e. The van der Waals surface area contributed by atoms with Crippen molar-refractivity contribution in [1.29, 1.82) is 0 Å². The van der Waals surface area contributed by atoms with Gasteiger partial charge in [-0.1, -0.05) is 11.6 Å². The zero-order valence-electron chi connectivity index (χ0n) is 10.4. The van der Waals surface area contributed by atoms with Crippen LogP contribution in [0.1, 0.15) is 18.4 Å². The Bertz CT molecular complexity index is 417. The Kier molecular flexibility index (Phi) is 3.68. The molecule has 0 aromatic carbocycles. The van der Waals surface area contributed by atoms with Gasteiger partial charge in [0.25, 0.3) is 0 Å². The van der Waals surface area contributed by atoms with Crippen molar-refractivity contribution in [3.05, 3.63) is 22.8 Å². The summed E-state index contributed by atoms with van der Waals surface area (Å²) >= 11 is 6.19. The molecule has 3 rings (SSSR count). The van der Waals surface area contributed by atoms with Crippen molar-refractivity contribution in [2.75, 3.05) is 31.2 Å². The van der Waals surface area contributed by atoms with Crippen LogP contribution in [0.25, 0.3) is 0 Å². The van der Waals surface area contributed by atoms with E-state index in [2.05, 4.69) is 21.3 Å². The summed E-state index contributed by atoms with van der Waals surface area (Å²) in [5, 5.41) is 4.24. The number of hydrogen-bond donors (Lipinski definition) is 1. The van der Waals surface area contributed by atoms with Crippen LogP contribution in [-0.2, 0) is 11.3 Å². The van der Waals surface area contributed by atoms with E-state index in [-0.39, 0.29) is 0 Å². The van der Waals surface area contributed by atoms with Gasteiger partial charge < -0.3 is 15.0 Å². The lowest BCUT2D eigenvalue weighted by Crippen LogP contribution is -2.36. The molecule has 0 bridgehead atoms. The number of aromatic nitrogens is 1. The van der Waals surface area contributed by atoms with Gasteiger partial charge in [0.05, 0.1) is 18.2 Å². The molecule has 0 amide bonds. The SMILES string of the molecule is Clc1cnc(N2CCOCC2)cc1CNC1CC1. The maximum absolute atomic E-state index is 6.19. The van der Waals surface area contributed by atoms with Gasteiger partial charge >= 0.3 is 0 Å². The normalized spacial score (nSPS) is 20.2. The van der Waals surface area contributed by atoms with Gasteiger partial charge in [-0.3, -0.25) is 0 Å². The van der Waals surface area contributed by atoms with Crippen LogP contribution in [0.5, 0.6) is 0 Å². The largest absolute Gasteiger partial charge is 0.378 e. The number of nitrogens with zero attached hydrogens (tertiary/aromatic N) is 2. The molecule has 1 aromatic heterocycles. The van der Waals surface area contributed by atoms with E-state index in [0.29, 0.717) is 6.04 Å². The van der Waals surface area contributed by atoms with Crippen LogP contribution in [0.2, 0.25) is 5.02 Å². The van der Waals surface area contributed by atoms with Crippen LogP contribution in [0, 0.1) is 0 Å². The van der Waals surface area contributed by atoms with Crippen molar-refractivity contribution in [1.82, 2.24) is 10.3 Å². The Morgan fingerprint density at radius 3 is 2.89 bits per heavy atom. The van der Waals surface area contributed by atoms with E-state index in [1.165, 1.54) is 12.8 Å². The first-order valence-corrected chi connectivity index (χ1v) is 6.91. The van der Waals surface area contributed by atoms with Gasteiger partial charge in [0, 0.05) is 31.9 Å². The first kappa shape index (κ1) is 12.2. The molecule has 2 aliphatic rings. The van der Waals surface area contributed by atoms with E-state index in [1.54, 1.807) is 6.20 Å². The molecule has 2 heterocycles. The molecule has 1 N–H and O–H groups in total. The predicted molar refractivity (Wildman–Crippen MR) is 72.1 cm³/mol. The fourth-order valence-corrected chi connectivity index (χ4v) is 2.28. The molecule has 2 fully saturated rings. The predicted octanol–water partition coefficient (Wildman–Crippen LogP) is 1.82. The molecule has 98 valence electrons. The van der Waals surface area contributed by atoms with Gasteiger partial charge in [0.15, 0.2) is 0 Å². The van der Waals surface area contributed by atoms with E-state index in [1.807, 2.05) is 0 Å². The summed E-state index contributed by atoms with van der Waals surface area (Å²) < 4.78 is 5.35. The summed E-state index contributed by atoms with van der Waals surface area (Å²) in [6.45, 7) is 4.21. The first-order chi connectivity index (χ1) is 8.83. The number of rotatable bonds is 4. The number of pyridine rings is 1. The summed E-state index contributed by atoms with van der Waals surface area (Å²) in [5.74, 6) is 1.01. The number of hydrogen-bond acceptors (Lipinski definition) is 4. The fraction of sp³-hybridized carbons (Fsp3) is 0.615. The average Bonchev–Trinajstić information content (AvgIpc) is 3.23. The smallest absolute Gasteiger partial charge is 0.129 e. The number of morpholine rings is 1. The highest BCUT2D eigenvalue weighted by Gasteiger charge is 2.21. The second kappa shape index (κ2) is 5.43. The molecule has 18 heavy (non-hydrogen) atoms. The molecular weight excluding hydrogens is 250 g/mol.